The van der Waals surface area contributed by atoms with Crippen LogP contribution in [0.1, 0.15) is 17.4 Å². The first kappa shape index (κ1) is 16.2. The van der Waals surface area contributed by atoms with Gasteiger partial charge in [-0.25, -0.2) is 4.98 Å². The molecule has 0 bridgehead atoms. The molecule has 0 spiro atoms. The van der Waals surface area contributed by atoms with Crippen LogP contribution in [0.25, 0.3) is 11.3 Å². The molecule has 0 aliphatic rings. The van der Waals surface area contributed by atoms with Crippen LogP contribution in [0.15, 0.2) is 36.9 Å². The highest BCUT2D eigenvalue weighted by Crippen LogP contribution is 2.30. The molecule has 0 saturated heterocycles. The van der Waals surface area contributed by atoms with E-state index in [0.29, 0.717) is 13.1 Å². The zero-order valence-electron chi connectivity index (χ0n) is 13.0. The number of nitrogens with zero attached hydrogens (tertiary/aromatic N) is 1. The van der Waals surface area contributed by atoms with E-state index in [0.717, 1.165) is 22.8 Å². The number of anilines is 1. The van der Waals surface area contributed by atoms with Crippen LogP contribution in [0.2, 0.25) is 0 Å². The van der Waals surface area contributed by atoms with E-state index in [4.69, 9.17) is 0 Å². The van der Waals surface area contributed by atoms with Crippen LogP contribution < -0.4 is 10.6 Å². The van der Waals surface area contributed by atoms with Crippen LogP contribution in [0.5, 0.6) is 0 Å². The number of thiazole rings is 1. The van der Waals surface area contributed by atoms with Gasteiger partial charge in [-0.15, -0.1) is 17.9 Å². The van der Waals surface area contributed by atoms with Crippen molar-refractivity contribution in [2.45, 2.75) is 20.3 Å². The van der Waals surface area contributed by atoms with Gasteiger partial charge in [0.1, 0.15) is 0 Å². The van der Waals surface area contributed by atoms with Gasteiger partial charge < -0.3 is 10.6 Å². The molecule has 0 atom stereocenters. The minimum atomic E-state index is 0.00858. The molecule has 116 valence electrons. The molecule has 2 N–H and O–H groups in total. The lowest BCUT2D eigenvalue weighted by molar-refractivity contribution is -0.118. The van der Waals surface area contributed by atoms with E-state index in [-0.39, 0.29) is 5.91 Å². The topological polar surface area (TPSA) is 54.0 Å². The average molecular weight is 315 g/mol. The summed E-state index contributed by atoms with van der Waals surface area (Å²) in [6, 6.07) is 8.35. The molecule has 1 heterocycles. The maximum atomic E-state index is 10.9. The molecular formula is C17H21N3OS. The largest absolute Gasteiger partial charge is 0.358 e. The van der Waals surface area contributed by atoms with Gasteiger partial charge in [0.2, 0.25) is 5.91 Å². The molecule has 5 heteroatoms. The Labute approximate surface area is 135 Å². The van der Waals surface area contributed by atoms with Gasteiger partial charge in [0.25, 0.3) is 0 Å². The highest BCUT2D eigenvalue weighted by atomic mass is 32.1. The summed E-state index contributed by atoms with van der Waals surface area (Å²) in [5.41, 5.74) is 3.34. The SMILES string of the molecule is C=CCNc1nc(-c2ccc(CCNC(C)=O)cc2)c(C)s1. The molecule has 22 heavy (non-hydrogen) atoms. The van der Waals surface area contributed by atoms with Crippen molar-refractivity contribution in [1.29, 1.82) is 0 Å². The second kappa shape index (κ2) is 7.75. The monoisotopic (exact) mass is 315 g/mol. The van der Waals surface area contributed by atoms with Gasteiger partial charge in [-0.1, -0.05) is 30.3 Å². The highest BCUT2D eigenvalue weighted by Gasteiger charge is 2.09. The van der Waals surface area contributed by atoms with E-state index in [1.54, 1.807) is 11.3 Å². The summed E-state index contributed by atoms with van der Waals surface area (Å²) in [6.45, 7) is 8.69. The first-order chi connectivity index (χ1) is 10.6. The van der Waals surface area contributed by atoms with E-state index >= 15 is 0 Å². The third-order valence-electron chi connectivity index (χ3n) is 3.21. The Morgan fingerprint density at radius 2 is 2.09 bits per heavy atom. The molecule has 0 aliphatic carbocycles. The number of hydrogen-bond donors (Lipinski definition) is 2. The second-order valence-electron chi connectivity index (χ2n) is 5.02. The van der Waals surface area contributed by atoms with Gasteiger partial charge in [0, 0.05) is 30.5 Å². The van der Waals surface area contributed by atoms with Gasteiger partial charge in [-0.2, -0.15) is 0 Å². The number of aryl methyl sites for hydroxylation is 1. The van der Waals surface area contributed by atoms with Crippen molar-refractivity contribution in [2.75, 3.05) is 18.4 Å². The van der Waals surface area contributed by atoms with Crippen molar-refractivity contribution in [3.63, 3.8) is 0 Å². The zero-order valence-corrected chi connectivity index (χ0v) is 13.8. The molecule has 0 radical (unpaired) electrons. The predicted molar refractivity (Wildman–Crippen MR) is 93.4 cm³/mol. The molecule has 2 rings (SSSR count). The Morgan fingerprint density at radius 3 is 2.73 bits per heavy atom. The Kier molecular flexibility index (Phi) is 5.72. The summed E-state index contributed by atoms with van der Waals surface area (Å²) in [4.78, 5) is 16.7. The molecule has 2 aromatic rings. The summed E-state index contributed by atoms with van der Waals surface area (Å²) in [5.74, 6) is 0.00858. The Bertz CT molecular complexity index is 646. The van der Waals surface area contributed by atoms with Gasteiger partial charge in [0.05, 0.1) is 5.69 Å². The van der Waals surface area contributed by atoms with Gasteiger partial charge in [-0.3, -0.25) is 4.79 Å². The second-order valence-corrected chi connectivity index (χ2v) is 6.23. The first-order valence-electron chi connectivity index (χ1n) is 7.26. The fourth-order valence-corrected chi connectivity index (χ4v) is 2.95. The fourth-order valence-electron chi connectivity index (χ4n) is 2.11. The normalized spacial score (nSPS) is 10.3. The van der Waals surface area contributed by atoms with Crippen molar-refractivity contribution in [3.8, 4) is 11.3 Å². The Balaban J connectivity index is 2.05. The lowest BCUT2D eigenvalue weighted by Crippen LogP contribution is -2.22. The summed E-state index contributed by atoms with van der Waals surface area (Å²) in [7, 11) is 0. The number of amides is 1. The average Bonchev–Trinajstić information content (AvgIpc) is 2.86. The molecule has 0 aliphatic heterocycles. The zero-order chi connectivity index (χ0) is 15.9. The van der Waals surface area contributed by atoms with Crippen molar-refractivity contribution >= 4 is 22.4 Å². The van der Waals surface area contributed by atoms with E-state index in [2.05, 4.69) is 53.4 Å². The Hall–Kier alpha value is -2.14. The third kappa shape index (κ3) is 4.43. The van der Waals surface area contributed by atoms with Crippen molar-refractivity contribution < 1.29 is 4.79 Å². The van der Waals surface area contributed by atoms with Crippen LogP contribution >= 0.6 is 11.3 Å². The number of aromatic nitrogens is 1. The lowest BCUT2D eigenvalue weighted by atomic mass is 10.1. The number of carbonyl (C=O) groups is 1. The standard InChI is InChI=1S/C17H21N3OS/c1-4-10-19-17-20-16(12(2)22-17)15-7-5-14(6-8-15)9-11-18-13(3)21/h4-8H,1,9-11H2,2-3H3,(H,18,21)(H,19,20). The lowest BCUT2D eigenvalue weighted by Gasteiger charge is -2.04. The number of rotatable bonds is 7. The van der Waals surface area contributed by atoms with Crippen LogP contribution in [0.3, 0.4) is 0 Å². The summed E-state index contributed by atoms with van der Waals surface area (Å²) in [6.07, 6.45) is 2.66. The van der Waals surface area contributed by atoms with Gasteiger partial charge in [0.15, 0.2) is 5.13 Å². The Morgan fingerprint density at radius 1 is 1.36 bits per heavy atom. The van der Waals surface area contributed by atoms with E-state index in [1.807, 2.05) is 6.08 Å². The molecular weight excluding hydrogens is 294 g/mol. The molecule has 1 amide bonds. The van der Waals surface area contributed by atoms with E-state index < -0.39 is 0 Å². The molecule has 0 fully saturated rings. The molecule has 0 unspecified atom stereocenters. The highest BCUT2D eigenvalue weighted by molar-refractivity contribution is 7.16. The van der Waals surface area contributed by atoms with Gasteiger partial charge in [-0.05, 0) is 18.9 Å². The molecule has 4 nitrogen and oxygen atoms in total. The van der Waals surface area contributed by atoms with Crippen molar-refractivity contribution in [2.24, 2.45) is 0 Å². The van der Waals surface area contributed by atoms with Crippen LogP contribution in [-0.4, -0.2) is 24.0 Å². The molecule has 1 aromatic heterocycles. The maximum absolute atomic E-state index is 10.9. The summed E-state index contributed by atoms with van der Waals surface area (Å²) >= 11 is 1.65. The predicted octanol–water partition coefficient (Wildman–Crippen LogP) is 3.40. The fraction of sp³-hybridized carbons (Fsp3) is 0.294. The van der Waals surface area contributed by atoms with Crippen LogP contribution in [0.4, 0.5) is 5.13 Å². The minimum absolute atomic E-state index is 0.00858. The third-order valence-corrected chi connectivity index (χ3v) is 4.14. The maximum Gasteiger partial charge on any atom is 0.216 e. The summed E-state index contributed by atoms with van der Waals surface area (Å²) in [5, 5.41) is 6.95. The quantitative estimate of drug-likeness (QED) is 0.770. The number of nitrogens with one attached hydrogen (secondary N) is 2. The number of hydrogen-bond acceptors (Lipinski definition) is 4. The molecule has 0 saturated carbocycles. The smallest absolute Gasteiger partial charge is 0.216 e. The molecule has 1 aromatic carbocycles. The first-order valence-corrected chi connectivity index (χ1v) is 8.07. The summed E-state index contributed by atoms with van der Waals surface area (Å²) < 4.78 is 0. The van der Waals surface area contributed by atoms with Crippen molar-refractivity contribution in [3.05, 3.63) is 47.4 Å². The van der Waals surface area contributed by atoms with Crippen LogP contribution in [0, 0.1) is 6.92 Å². The van der Waals surface area contributed by atoms with Crippen molar-refractivity contribution in [1.82, 2.24) is 10.3 Å². The number of benzene rings is 1. The van der Waals surface area contributed by atoms with E-state index in [9.17, 15) is 4.79 Å². The van der Waals surface area contributed by atoms with E-state index in [1.165, 1.54) is 17.4 Å². The minimum Gasteiger partial charge on any atom is -0.358 e. The van der Waals surface area contributed by atoms with Crippen LogP contribution in [-0.2, 0) is 11.2 Å². The van der Waals surface area contributed by atoms with Gasteiger partial charge >= 0.3 is 0 Å². The number of carbonyl (C=O) groups excluding carboxylic acids is 1.